The fourth-order valence-corrected chi connectivity index (χ4v) is 4.61. The SMILES string of the molecule is CCCCC(F)(F)C(=O)CC[C@@H]1[C@@H](C/C=C\CCCC(=O)O)[C@H](O)C[C@H]1OCc1ccccc1. The molecule has 1 aromatic rings. The number of ether oxygens (including phenoxy) is 1. The first kappa shape index (κ1) is 28.1. The lowest BCUT2D eigenvalue weighted by atomic mass is 9.85. The van der Waals surface area contributed by atoms with Gasteiger partial charge in [0.1, 0.15) is 0 Å². The van der Waals surface area contributed by atoms with Crippen molar-refractivity contribution < 1.29 is 33.3 Å². The number of rotatable bonds is 16. The summed E-state index contributed by atoms with van der Waals surface area (Å²) < 4.78 is 34.5. The Hall–Kier alpha value is -2.12. The van der Waals surface area contributed by atoms with Gasteiger partial charge in [-0.2, -0.15) is 8.78 Å². The van der Waals surface area contributed by atoms with E-state index in [2.05, 4.69) is 0 Å². The zero-order valence-electron chi connectivity index (χ0n) is 20.0. The Kier molecular flexibility index (Phi) is 11.8. The summed E-state index contributed by atoms with van der Waals surface area (Å²) >= 11 is 0. The van der Waals surface area contributed by atoms with Gasteiger partial charge < -0.3 is 14.9 Å². The molecule has 5 nitrogen and oxygen atoms in total. The van der Waals surface area contributed by atoms with Gasteiger partial charge in [-0.1, -0.05) is 55.8 Å². The molecule has 0 amide bonds. The predicted molar refractivity (Wildman–Crippen MR) is 127 cm³/mol. The number of benzene rings is 1. The molecule has 2 rings (SSSR count). The number of carboxylic acids is 1. The van der Waals surface area contributed by atoms with Gasteiger partial charge in [0.25, 0.3) is 0 Å². The van der Waals surface area contributed by atoms with Crippen LogP contribution in [0, 0.1) is 11.8 Å². The molecule has 1 aromatic carbocycles. The van der Waals surface area contributed by atoms with E-state index in [1.165, 1.54) is 0 Å². The first-order valence-corrected chi connectivity index (χ1v) is 12.4. The molecular formula is C27H38F2O5. The number of carboxylic acid groups (broad SMARTS) is 1. The molecule has 34 heavy (non-hydrogen) atoms. The van der Waals surface area contributed by atoms with Crippen LogP contribution < -0.4 is 0 Å². The normalized spacial score (nSPS) is 22.9. The third-order valence-corrected chi connectivity index (χ3v) is 6.60. The first-order valence-electron chi connectivity index (χ1n) is 12.4. The molecule has 1 aliphatic carbocycles. The van der Waals surface area contributed by atoms with Crippen molar-refractivity contribution in [2.45, 2.75) is 95.9 Å². The second-order valence-corrected chi connectivity index (χ2v) is 9.23. The molecular weight excluding hydrogens is 442 g/mol. The maximum Gasteiger partial charge on any atom is 0.305 e. The Labute approximate surface area is 201 Å². The molecule has 0 heterocycles. The van der Waals surface area contributed by atoms with Crippen LogP contribution in [0.25, 0.3) is 0 Å². The minimum absolute atomic E-state index is 0.1000. The number of aliphatic carboxylic acids is 1. The van der Waals surface area contributed by atoms with E-state index in [4.69, 9.17) is 9.84 Å². The number of alkyl halides is 2. The second kappa shape index (κ2) is 14.3. The fourth-order valence-electron chi connectivity index (χ4n) is 4.61. The summed E-state index contributed by atoms with van der Waals surface area (Å²) in [5.74, 6) is -5.60. The summed E-state index contributed by atoms with van der Waals surface area (Å²) in [6, 6.07) is 9.61. The molecule has 2 N–H and O–H groups in total. The number of Topliss-reactive ketones (excluding diaryl/α,β-unsaturated/α-hetero) is 1. The second-order valence-electron chi connectivity index (χ2n) is 9.23. The molecule has 0 aromatic heterocycles. The van der Waals surface area contributed by atoms with E-state index >= 15 is 0 Å². The summed E-state index contributed by atoms with van der Waals surface area (Å²) in [7, 11) is 0. The van der Waals surface area contributed by atoms with Crippen LogP contribution in [0.5, 0.6) is 0 Å². The Morgan fingerprint density at radius 3 is 2.53 bits per heavy atom. The molecule has 0 aliphatic heterocycles. The molecule has 1 saturated carbocycles. The quantitative estimate of drug-likeness (QED) is 0.226. The molecule has 7 heteroatoms. The highest BCUT2D eigenvalue weighted by molar-refractivity contribution is 5.85. The number of allylic oxidation sites excluding steroid dienone is 2. The largest absolute Gasteiger partial charge is 0.481 e. The van der Waals surface area contributed by atoms with Crippen molar-refractivity contribution in [2.75, 3.05) is 0 Å². The van der Waals surface area contributed by atoms with Gasteiger partial charge in [0.05, 0.1) is 18.8 Å². The zero-order chi connectivity index (χ0) is 25.0. The minimum Gasteiger partial charge on any atom is -0.481 e. The van der Waals surface area contributed by atoms with Crippen LogP contribution in [0.15, 0.2) is 42.5 Å². The first-order chi connectivity index (χ1) is 16.2. The molecule has 4 atom stereocenters. The number of carbonyl (C=O) groups is 2. The van der Waals surface area contributed by atoms with E-state index in [9.17, 15) is 23.5 Å². The Morgan fingerprint density at radius 2 is 1.85 bits per heavy atom. The van der Waals surface area contributed by atoms with Gasteiger partial charge in [0.2, 0.25) is 5.78 Å². The number of hydrogen-bond donors (Lipinski definition) is 2. The van der Waals surface area contributed by atoms with Crippen LogP contribution in [-0.2, 0) is 20.9 Å². The van der Waals surface area contributed by atoms with Gasteiger partial charge in [-0.25, -0.2) is 0 Å². The number of hydrogen-bond acceptors (Lipinski definition) is 4. The van der Waals surface area contributed by atoms with Crippen molar-refractivity contribution in [2.24, 2.45) is 11.8 Å². The lowest BCUT2D eigenvalue weighted by Crippen LogP contribution is -2.31. The van der Waals surface area contributed by atoms with Crippen LogP contribution in [0.1, 0.15) is 76.7 Å². The number of carbonyl (C=O) groups excluding carboxylic acids is 1. The van der Waals surface area contributed by atoms with E-state index < -0.39 is 30.2 Å². The number of unbranched alkanes of at least 4 members (excludes halogenated alkanes) is 2. The third-order valence-electron chi connectivity index (χ3n) is 6.60. The van der Waals surface area contributed by atoms with Crippen LogP contribution in [-0.4, -0.2) is 40.1 Å². The molecule has 1 aliphatic rings. The van der Waals surface area contributed by atoms with E-state index in [1.54, 1.807) is 0 Å². The maximum atomic E-state index is 14.2. The Bertz CT molecular complexity index is 780. The molecule has 190 valence electrons. The van der Waals surface area contributed by atoms with Crippen molar-refractivity contribution in [3.05, 3.63) is 48.0 Å². The minimum atomic E-state index is -3.31. The number of aliphatic hydroxyl groups is 1. The van der Waals surface area contributed by atoms with Crippen LogP contribution >= 0.6 is 0 Å². The topological polar surface area (TPSA) is 83.8 Å². The van der Waals surface area contributed by atoms with Crippen molar-refractivity contribution in [1.29, 1.82) is 0 Å². The van der Waals surface area contributed by atoms with Crippen molar-refractivity contribution in [3.63, 3.8) is 0 Å². The highest BCUT2D eigenvalue weighted by Crippen LogP contribution is 2.41. The molecule has 0 radical (unpaired) electrons. The summed E-state index contributed by atoms with van der Waals surface area (Å²) in [5, 5.41) is 19.4. The lowest BCUT2D eigenvalue weighted by Gasteiger charge is -2.26. The molecule has 0 bridgehead atoms. The molecule has 0 saturated heterocycles. The van der Waals surface area contributed by atoms with Crippen LogP contribution in [0.3, 0.4) is 0 Å². The van der Waals surface area contributed by atoms with E-state index in [0.717, 1.165) is 5.56 Å². The van der Waals surface area contributed by atoms with E-state index in [0.29, 0.717) is 45.1 Å². The van der Waals surface area contributed by atoms with Gasteiger partial charge >= 0.3 is 11.9 Å². The van der Waals surface area contributed by atoms with Crippen LogP contribution in [0.2, 0.25) is 0 Å². The monoisotopic (exact) mass is 480 g/mol. The third kappa shape index (κ3) is 9.26. The number of ketones is 1. The highest BCUT2D eigenvalue weighted by Gasteiger charge is 2.44. The smallest absolute Gasteiger partial charge is 0.305 e. The highest BCUT2D eigenvalue weighted by atomic mass is 19.3. The van der Waals surface area contributed by atoms with Gasteiger partial charge in [-0.3, -0.25) is 9.59 Å². The van der Waals surface area contributed by atoms with Gasteiger partial charge in [0, 0.05) is 25.7 Å². The zero-order valence-corrected chi connectivity index (χ0v) is 20.0. The number of halogens is 2. The summed E-state index contributed by atoms with van der Waals surface area (Å²) in [4.78, 5) is 22.9. The molecule has 0 spiro atoms. The molecule has 1 fully saturated rings. The van der Waals surface area contributed by atoms with Crippen LogP contribution in [0.4, 0.5) is 8.78 Å². The Balaban J connectivity index is 2.01. The summed E-state index contributed by atoms with van der Waals surface area (Å²) in [5.41, 5.74) is 0.986. The van der Waals surface area contributed by atoms with Crippen molar-refractivity contribution >= 4 is 11.8 Å². The average molecular weight is 481 g/mol. The van der Waals surface area contributed by atoms with Crippen molar-refractivity contribution in [1.82, 2.24) is 0 Å². The summed E-state index contributed by atoms with van der Waals surface area (Å²) in [6.45, 7) is 2.17. The van der Waals surface area contributed by atoms with E-state index in [1.807, 2.05) is 49.4 Å². The fraction of sp³-hybridized carbons (Fsp3) is 0.630. The Morgan fingerprint density at radius 1 is 1.12 bits per heavy atom. The molecule has 0 unspecified atom stereocenters. The van der Waals surface area contributed by atoms with Gasteiger partial charge in [-0.15, -0.1) is 0 Å². The van der Waals surface area contributed by atoms with Gasteiger partial charge in [-0.05, 0) is 49.5 Å². The maximum absolute atomic E-state index is 14.2. The van der Waals surface area contributed by atoms with Crippen molar-refractivity contribution in [3.8, 4) is 0 Å². The predicted octanol–water partition coefficient (Wildman–Crippen LogP) is 5.94. The van der Waals surface area contributed by atoms with E-state index in [-0.39, 0.29) is 37.2 Å². The lowest BCUT2D eigenvalue weighted by molar-refractivity contribution is -0.144. The standard InChI is InChI=1S/C27H38F2O5/c1-2-3-17-27(28,29)25(31)16-15-22-21(13-9-4-5-10-14-26(32)33)23(30)18-24(22)34-19-20-11-7-6-8-12-20/h4,6-9,11-12,21-24,30H,2-3,5,10,13-19H2,1H3,(H,32,33)/b9-4-/t21-,22-,23-,24-/m1/s1. The summed E-state index contributed by atoms with van der Waals surface area (Å²) in [6.07, 6.45) is 5.52. The number of aliphatic hydroxyl groups excluding tert-OH is 1. The average Bonchev–Trinajstić information content (AvgIpc) is 3.11. The van der Waals surface area contributed by atoms with Gasteiger partial charge in [0.15, 0.2) is 0 Å².